The Morgan fingerprint density at radius 3 is 2.61 bits per heavy atom. The number of halogens is 2. The Morgan fingerprint density at radius 1 is 1.06 bits per heavy atom. The Morgan fingerprint density at radius 2 is 1.86 bits per heavy atom. The maximum Gasteiger partial charge on any atom is 0.321 e. The van der Waals surface area contributed by atoms with Gasteiger partial charge >= 0.3 is 5.97 Å². The first-order valence-corrected chi connectivity index (χ1v) is 11.3. The van der Waals surface area contributed by atoms with Gasteiger partial charge in [-0.3, -0.25) is 9.69 Å². The zero-order chi connectivity index (χ0) is 24.8. The van der Waals surface area contributed by atoms with E-state index in [0.717, 1.165) is 33.8 Å². The molecule has 3 heterocycles. The molecule has 180 valence electrons. The molecule has 3 N–H and O–H groups in total. The van der Waals surface area contributed by atoms with Crippen molar-refractivity contribution in [3.05, 3.63) is 101 Å². The number of nitrogens with one attached hydrogen (secondary N) is 2. The fourth-order valence-electron chi connectivity index (χ4n) is 5.16. The number of carboxylic acids is 1. The lowest BCUT2D eigenvalue weighted by molar-refractivity contribution is -0.144. The van der Waals surface area contributed by atoms with E-state index in [2.05, 4.69) is 25.6 Å². The van der Waals surface area contributed by atoms with Crippen LogP contribution in [0.15, 0.2) is 66.7 Å². The summed E-state index contributed by atoms with van der Waals surface area (Å²) in [5.74, 6) is -2.05. The summed E-state index contributed by atoms with van der Waals surface area (Å²) in [7, 11) is 0. The summed E-state index contributed by atoms with van der Waals surface area (Å²) in [4.78, 5) is 17.7. The number of aromatic nitrogens is 5. The quantitative estimate of drug-likeness (QED) is 0.343. The number of tetrazole rings is 1. The number of carbonyl (C=O) groups is 1. The molecule has 2 aromatic heterocycles. The molecular formula is C26H20F2N6O2. The monoisotopic (exact) mass is 486 g/mol. The van der Waals surface area contributed by atoms with E-state index in [1.807, 2.05) is 48.5 Å². The van der Waals surface area contributed by atoms with E-state index in [9.17, 15) is 18.7 Å². The molecule has 0 fully saturated rings. The van der Waals surface area contributed by atoms with Crippen molar-refractivity contribution in [3.63, 3.8) is 0 Å². The van der Waals surface area contributed by atoms with E-state index in [0.29, 0.717) is 17.0 Å². The molecule has 1 aliphatic heterocycles. The molecule has 1 aliphatic rings. The van der Waals surface area contributed by atoms with Crippen LogP contribution < -0.4 is 0 Å². The number of nitrogens with zero attached hydrogens (tertiary/aromatic N) is 4. The smallest absolute Gasteiger partial charge is 0.321 e. The van der Waals surface area contributed by atoms with Crippen LogP contribution in [0.5, 0.6) is 0 Å². The number of H-pyrrole nitrogens is 2. The number of rotatable bonds is 5. The largest absolute Gasteiger partial charge is 0.480 e. The second-order valence-electron chi connectivity index (χ2n) is 8.83. The van der Waals surface area contributed by atoms with E-state index in [4.69, 9.17) is 0 Å². The van der Waals surface area contributed by atoms with Gasteiger partial charge in [0.15, 0.2) is 0 Å². The molecule has 0 aliphatic carbocycles. The molecule has 0 spiro atoms. The van der Waals surface area contributed by atoms with Gasteiger partial charge in [0.1, 0.15) is 17.7 Å². The molecular weight excluding hydrogens is 466 g/mol. The predicted molar refractivity (Wildman–Crippen MR) is 127 cm³/mol. The van der Waals surface area contributed by atoms with Crippen molar-refractivity contribution >= 4 is 16.9 Å². The van der Waals surface area contributed by atoms with Crippen molar-refractivity contribution in [2.75, 3.05) is 0 Å². The predicted octanol–water partition coefficient (Wildman–Crippen LogP) is 4.23. The first kappa shape index (κ1) is 22.1. The number of fused-ring (bicyclic) bond motifs is 3. The lowest BCUT2D eigenvalue weighted by Gasteiger charge is -2.40. The SMILES string of the molecule is O=C(O)[C@@H]1Cc2c([nH]c3ccccc23)[C@@H](c2cc(F)cc(F)c2)N1Cc1cccc(-c2nn[nH]n2)c1. The fourth-order valence-corrected chi connectivity index (χ4v) is 5.16. The molecule has 8 nitrogen and oxygen atoms in total. The standard InChI is InChI=1S/C26H20F2N6O2/c27-17-9-16(10-18(28)11-17)24-23-20(19-6-1-2-7-21(19)29-23)12-22(26(35)36)34(24)13-14-4-3-5-15(8-14)25-30-32-33-31-25/h1-11,22,24,29H,12-13H2,(H,35,36)(H,30,31,32,33)/t22-,24+/m0/s1. The van der Waals surface area contributed by atoms with Crippen LogP contribution in [0, 0.1) is 11.6 Å². The van der Waals surface area contributed by atoms with Crippen LogP contribution >= 0.6 is 0 Å². The lowest BCUT2D eigenvalue weighted by atomic mass is 9.87. The van der Waals surface area contributed by atoms with Crippen molar-refractivity contribution in [3.8, 4) is 11.4 Å². The summed E-state index contributed by atoms with van der Waals surface area (Å²) in [6.07, 6.45) is 0.244. The Balaban J connectivity index is 1.52. The minimum absolute atomic E-state index is 0.209. The third kappa shape index (κ3) is 3.81. The topological polar surface area (TPSA) is 111 Å². The first-order chi connectivity index (χ1) is 17.5. The maximum atomic E-state index is 14.4. The van der Waals surface area contributed by atoms with Crippen molar-refractivity contribution in [1.82, 2.24) is 30.5 Å². The molecule has 10 heteroatoms. The average Bonchev–Trinajstić information content (AvgIpc) is 3.51. The van der Waals surface area contributed by atoms with Gasteiger partial charge in [0.2, 0.25) is 5.82 Å². The van der Waals surface area contributed by atoms with Gasteiger partial charge in [-0.1, -0.05) is 36.4 Å². The molecule has 0 radical (unpaired) electrons. The Hall–Kier alpha value is -4.44. The van der Waals surface area contributed by atoms with Gasteiger partial charge in [-0.05, 0) is 46.2 Å². The minimum Gasteiger partial charge on any atom is -0.480 e. The zero-order valence-electron chi connectivity index (χ0n) is 18.8. The van der Waals surface area contributed by atoms with Crippen molar-refractivity contribution < 1.29 is 18.7 Å². The van der Waals surface area contributed by atoms with Crippen molar-refractivity contribution in [2.45, 2.75) is 25.0 Å². The summed E-state index contributed by atoms with van der Waals surface area (Å²) in [5.41, 5.74) is 4.25. The van der Waals surface area contributed by atoms with Crippen LogP contribution in [0.1, 0.15) is 28.4 Å². The summed E-state index contributed by atoms with van der Waals surface area (Å²) in [6.45, 7) is 0.209. The van der Waals surface area contributed by atoms with Gasteiger partial charge in [-0.25, -0.2) is 8.78 Å². The van der Waals surface area contributed by atoms with E-state index in [-0.39, 0.29) is 13.0 Å². The van der Waals surface area contributed by atoms with Crippen LogP contribution in [0.25, 0.3) is 22.3 Å². The third-order valence-corrected chi connectivity index (χ3v) is 6.63. The van der Waals surface area contributed by atoms with E-state index in [1.165, 1.54) is 12.1 Å². The number of aromatic amines is 2. The van der Waals surface area contributed by atoms with Crippen LogP contribution in [0.3, 0.4) is 0 Å². The molecule has 0 saturated carbocycles. The highest BCUT2D eigenvalue weighted by Gasteiger charge is 2.41. The summed E-state index contributed by atoms with van der Waals surface area (Å²) < 4.78 is 28.8. The highest BCUT2D eigenvalue weighted by atomic mass is 19.1. The zero-order valence-corrected chi connectivity index (χ0v) is 18.8. The van der Waals surface area contributed by atoms with E-state index in [1.54, 1.807) is 4.90 Å². The first-order valence-electron chi connectivity index (χ1n) is 11.3. The number of hydrogen-bond acceptors (Lipinski definition) is 5. The Bertz CT molecular complexity index is 1560. The Labute approximate surface area is 203 Å². The van der Waals surface area contributed by atoms with E-state index >= 15 is 0 Å². The average molecular weight is 486 g/mol. The Kier molecular flexibility index (Phi) is 5.30. The second-order valence-corrected chi connectivity index (χ2v) is 8.83. The summed E-state index contributed by atoms with van der Waals surface area (Å²) >= 11 is 0. The summed E-state index contributed by atoms with van der Waals surface area (Å²) in [6, 6.07) is 16.7. The van der Waals surface area contributed by atoms with E-state index < -0.39 is 29.7 Å². The van der Waals surface area contributed by atoms with Crippen LogP contribution in [0.2, 0.25) is 0 Å². The molecule has 0 amide bonds. The van der Waals surface area contributed by atoms with Crippen LogP contribution in [-0.2, 0) is 17.8 Å². The van der Waals surface area contributed by atoms with Gasteiger partial charge in [0, 0.05) is 41.2 Å². The lowest BCUT2D eigenvalue weighted by Crippen LogP contribution is -2.48. The number of aliphatic carboxylic acids is 1. The normalized spacial score (nSPS) is 17.8. The molecule has 0 bridgehead atoms. The molecule has 0 saturated heterocycles. The highest BCUT2D eigenvalue weighted by molar-refractivity contribution is 5.87. The molecule has 6 rings (SSSR count). The van der Waals surface area contributed by atoms with Crippen LogP contribution in [-0.4, -0.2) is 47.6 Å². The molecule has 0 unspecified atom stereocenters. The van der Waals surface area contributed by atoms with Gasteiger partial charge < -0.3 is 10.1 Å². The maximum absolute atomic E-state index is 14.4. The molecule has 2 atom stereocenters. The van der Waals surface area contributed by atoms with Crippen molar-refractivity contribution in [1.29, 1.82) is 0 Å². The fraction of sp³-hybridized carbons (Fsp3) is 0.154. The number of benzene rings is 3. The summed E-state index contributed by atoms with van der Waals surface area (Å²) in [5, 5.41) is 25.2. The van der Waals surface area contributed by atoms with Gasteiger partial charge in [-0.15, -0.1) is 10.2 Å². The van der Waals surface area contributed by atoms with Crippen LogP contribution in [0.4, 0.5) is 8.78 Å². The molecule has 36 heavy (non-hydrogen) atoms. The number of carboxylic acid groups (broad SMARTS) is 1. The highest BCUT2D eigenvalue weighted by Crippen LogP contribution is 2.42. The second kappa shape index (κ2) is 8.65. The minimum atomic E-state index is -1.01. The third-order valence-electron chi connectivity index (χ3n) is 6.63. The molecule has 5 aromatic rings. The van der Waals surface area contributed by atoms with Crippen molar-refractivity contribution in [2.24, 2.45) is 0 Å². The van der Waals surface area contributed by atoms with Gasteiger partial charge in [0.05, 0.1) is 6.04 Å². The number of para-hydroxylation sites is 1. The molecule has 3 aromatic carbocycles. The van der Waals surface area contributed by atoms with Gasteiger partial charge in [-0.2, -0.15) is 5.21 Å². The van der Waals surface area contributed by atoms with Gasteiger partial charge in [0.25, 0.3) is 0 Å². The number of hydrogen-bond donors (Lipinski definition) is 3.